The van der Waals surface area contributed by atoms with Crippen LogP contribution in [0.3, 0.4) is 0 Å². The second-order valence-corrected chi connectivity index (χ2v) is 8.84. The summed E-state index contributed by atoms with van der Waals surface area (Å²) in [5.41, 5.74) is 13.1. The highest BCUT2D eigenvalue weighted by atomic mass is 32.2. The SMILES string of the molecule is CCS(=O)(=O)O.CN(C)C(=O)CCc1ccc(N2C(N)=NC(N)=NC2(C)C)cc1. The van der Waals surface area contributed by atoms with E-state index in [4.69, 9.17) is 16.0 Å². The van der Waals surface area contributed by atoms with Crippen molar-refractivity contribution in [1.82, 2.24) is 4.90 Å². The number of carbonyl (C=O) groups is 1. The molecule has 0 bridgehead atoms. The summed E-state index contributed by atoms with van der Waals surface area (Å²) in [5.74, 6) is 0.417. The molecule has 0 fully saturated rings. The minimum atomic E-state index is -3.66. The van der Waals surface area contributed by atoms with E-state index >= 15 is 0 Å². The molecule has 0 radical (unpaired) electrons. The van der Waals surface area contributed by atoms with Gasteiger partial charge in [0, 0.05) is 26.2 Å². The Balaban J connectivity index is 0.000000612. The lowest BCUT2D eigenvalue weighted by Crippen LogP contribution is -2.54. The van der Waals surface area contributed by atoms with E-state index < -0.39 is 15.8 Å². The molecule has 162 valence electrons. The lowest BCUT2D eigenvalue weighted by molar-refractivity contribution is -0.128. The highest BCUT2D eigenvalue weighted by molar-refractivity contribution is 7.85. The Hall–Kier alpha value is -2.66. The van der Waals surface area contributed by atoms with Crippen LogP contribution in [0.4, 0.5) is 5.69 Å². The molecule has 5 N–H and O–H groups in total. The number of hydrogen-bond donors (Lipinski definition) is 3. The van der Waals surface area contributed by atoms with Crippen LogP contribution in [0.2, 0.25) is 0 Å². The van der Waals surface area contributed by atoms with Gasteiger partial charge in [-0.2, -0.15) is 13.4 Å². The monoisotopic (exact) mass is 426 g/mol. The van der Waals surface area contributed by atoms with E-state index in [0.717, 1.165) is 11.3 Å². The third-order valence-electron chi connectivity index (χ3n) is 4.08. The average Bonchev–Trinajstić information content (AvgIpc) is 2.59. The standard InChI is InChI=1S/C16H24N6O.C2H6O3S/c1-16(2)20-14(17)19-15(18)22(16)12-8-5-11(6-9-12)7-10-13(23)21(3)4;1-2-6(3,4)5/h5-6,8-9H,7,10H2,1-4H3,(H4,17,18,19,20);2H2,1H3,(H,3,4,5). The molecular weight excluding hydrogens is 396 g/mol. The van der Waals surface area contributed by atoms with Crippen LogP contribution >= 0.6 is 0 Å². The van der Waals surface area contributed by atoms with Crippen molar-refractivity contribution in [3.63, 3.8) is 0 Å². The Bertz CT molecular complexity index is 876. The van der Waals surface area contributed by atoms with Gasteiger partial charge in [-0.3, -0.25) is 14.2 Å². The number of guanidine groups is 2. The molecule has 0 saturated carbocycles. The normalized spacial score (nSPS) is 15.6. The largest absolute Gasteiger partial charge is 0.369 e. The van der Waals surface area contributed by atoms with Crippen LogP contribution in [0.1, 0.15) is 32.8 Å². The molecule has 1 aliphatic rings. The highest BCUT2D eigenvalue weighted by Gasteiger charge is 2.32. The number of nitrogens with zero attached hydrogens (tertiary/aromatic N) is 4. The fourth-order valence-electron chi connectivity index (χ4n) is 2.54. The van der Waals surface area contributed by atoms with E-state index in [2.05, 4.69) is 9.98 Å². The number of aliphatic imine (C=N–C) groups is 2. The van der Waals surface area contributed by atoms with Gasteiger partial charge in [0.1, 0.15) is 5.66 Å². The van der Waals surface area contributed by atoms with Crippen molar-refractivity contribution in [1.29, 1.82) is 0 Å². The summed E-state index contributed by atoms with van der Waals surface area (Å²) in [7, 11) is -0.138. The van der Waals surface area contributed by atoms with Crippen LogP contribution in [0.5, 0.6) is 0 Å². The maximum atomic E-state index is 11.6. The fourth-order valence-corrected chi connectivity index (χ4v) is 2.54. The summed E-state index contributed by atoms with van der Waals surface area (Å²) in [5, 5.41) is 0. The van der Waals surface area contributed by atoms with Gasteiger partial charge in [0.05, 0.1) is 5.75 Å². The molecule has 0 unspecified atom stereocenters. The summed E-state index contributed by atoms with van der Waals surface area (Å²) in [6.07, 6.45) is 1.20. The number of aryl methyl sites for hydroxylation is 1. The number of amides is 1. The Morgan fingerprint density at radius 2 is 1.72 bits per heavy atom. The zero-order valence-corrected chi connectivity index (χ0v) is 18.3. The summed E-state index contributed by atoms with van der Waals surface area (Å²) in [6, 6.07) is 7.89. The maximum Gasteiger partial charge on any atom is 0.264 e. The highest BCUT2D eigenvalue weighted by Crippen LogP contribution is 2.27. The van der Waals surface area contributed by atoms with Gasteiger partial charge < -0.3 is 16.4 Å². The van der Waals surface area contributed by atoms with Crippen molar-refractivity contribution < 1.29 is 17.8 Å². The predicted molar refractivity (Wildman–Crippen MR) is 115 cm³/mol. The molecule has 2 rings (SSSR count). The van der Waals surface area contributed by atoms with Crippen molar-refractivity contribution >= 4 is 33.6 Å². The first kappa shape index (κ1) is 24.4. The summed E-state index contributed by atoms with van der Waals surface area (Å²) in [4.78, 5) is 23.4. The van der Waals surface area contributed by atoms with E-state index in [9.17, 15) is 13.2 Å². The molecule has 1 aromatic carbocycles. The van der Waals surface area contributed by atoms with Crippen LogP contribution < -0.4 is 16.4 Å². The van der Waals surface area contributed by atoms with Crippen molar-refractivity contribution in [2.24, 2.45) is 21.5 Å². The maximum absolute atomic E-state index is 11.6. The molecule has 1 heterocycles. The zero-order valence-electron chi connectivity index (χ0n) is 17.5. The lowest BCUT2D eigenvalue weighted by Gasteiger charge is -2.38. The summed E-state index contributed by atoms with van der Waals surface area (Å²) < 4.78 is 26.9. The molecule has 0 atom stereocenters. The molecule has 29 heavy (non-hydrogen) atoms. The molecule has 0 saturated heterocycles. The first-order chi connectivity index (χ1) is 13.3. The van der Waals surface area contributed by atoms with Gasteiger partial charge in [0.15, 0.2) is 0 Å². The number of anilines is 1. The van der Waals surface area contributed by atoms with E-state index in [-0.39, 0.29) is 17.6 Å². The number of hydrogen-bond acceptors (Lipinski definition) is 8. The number of rotatable bonds is 5. The molecule has 0 spiro atoms. The van der Waals surface area contributed by atoms with Crippen LogP contribution in [0, 0.1) is 0 Å². The minimum Gasteiger partial charge on any atom is -0.369 e. The van der Waals surface area contributed by atoms with Gasteiger partial charge in [-0.05, 0) is 44.9 Å². The number of benzene rings is 1. The Morgan fingerprint density at radius 1 is 1.21 bits per heavy atom. The molecule has 1 aromatic rings. The van der Waals surface area contributed by atoms with Gasteiger partial charge in [-0.25, -0.2) is 4.99 Å². The predicted octanol–water partition coefficient (Wildman–Crippen LogP) is 0.787. The van der Waals surface area contributed by atoms with Gasteiger partial charge in [-0.1, -0.05) is 12.1 Å². The van der Waals surface area contributed by atoms with Gasteiger partial charge in [0.2, 0.25) is 17.8 Å². The van der Waals surface area contributed by atoms with Crippen molar-refractivity contribution in [2.75, 3.05) is 24.7 Å². The zero-order chi connectivity index (χ0) is 22.4. The third-order valence-corrected chi connectivity index (χ3v) is 4.81. The van der Waals surface area contributed by atoms with Gasteiger partial charge >= 0.3 is 0 Å². The van der Waals surface area contributed by atoms with Crippen molar-refractivity contribution in [3.8, 4) is 0 Å². The van der Waals surface area contributed by atoms with Crippen LogP contribution in [0.15, 0.2) is 34.3 Å². The quantitative estimate of drug-likeness (QED) is 0.588. The topological polar surface area (TPSA) is 155 Å². The second kappa shape index (κ2) is 9.70. The molecule has 0 aromatic heterocycles. The molecule has 0 aliphatic carbocycles. The second-order valence-electron chi connectivity index (χ2n) is 7.10. The van der Waals surface area contributed by atoms with E-state index in [1.165, 1.54) is 6.92 Å². The van der Waals surface area contributed by atoms with Gasteiger partial charge in [-0.15, -0.1) is 0 Å². The van der Waals surface area contributed by atoms with E-state index in [0.29, 0.717) is 18.8 Å². The van der Waals surface area contributed by atoms with Crippen molar-refractivity contribution in [2.45, 2.75) is 39.3 Å². The number of nitrogens with two attached hydrogens (primary N) is 2. The summed E-state index contributed by atoms with van der Waals surface area (Å²) >= 11 is 0. The van der Waals surface area contributed by atoms with E-state index in [1.807, 2.05) is 43.0 Å². The molecule has 1 aliphatic heterocycles. The summed E-state index contributed by atoms with van der Waals surface area (Å²) in [6.45, 7) is 5.21. The Kier molecular flexibility index (Phi) is 8.15. The fraction of sp³-hybridized carbons (Fsp3) is 0.500. The first-order valence-electron chi connectivity index (χ1n) is 9.00. The minimum absolute atomic E-state index is 0.118. The Labute approximate surface area is 172 Å². The van der Waals surface area contributed by atoms with Crippen LogP contribution in [-0.4, -0.2) is 61.2 Å². The molecule has 1 amide bonds. The average molecular weight is 427 g/mol. The smallest absolute Gasteiger partial charge is 0.264 e. The molecule has 10 nitrogen and oxygen atoms in total. The van der Waals surface area contributed by atoms with Crippen molar-refractivity contribution in [3.05, 3.63) is 29.8 Å². The molecular formula is C18H30N6O4S. The first-order valence-corrected chi connectivity index (χ1v) is 10.6. The van der Waals surface area contributed by atoms with Gasteiger partial charge in [0.25, 0.3) is 10.1 Å². The Morgan fingerprint density at radius 3 is 2.14 bits per heavy atom. The third kappa shape index (κ3) is 7.70. The van der Waals surface area contributed by atoms with E-state index in [1.54, 1.807) is 19.0 Å². The lowest BCUT2D eigenvalue weighted by atomic mass is 10.1. The number of carbonyl (C=O) groups excluding carboxylic acids is 1. The van der Waals surface area contributed by atoms with Crippen LogP contribution in [0.25, 0.3) is 0 Å². The van der Waals surface area contributed by atoms with Crippen LogP contribution in [-0.2, 0) is 21.3 Å². The molecule has 11 heteroatoms.